The summed E-state index contributed by atoms with van der Waals surface area (Å²) in [5, 5.41) is 19.6. The molecular weight excluding hydrogens is 443 g/mol. The third kappa shape index (κ3) is 4.95. The molecule has 8 nitrogen and oxygen atoms in total. The quantitative estimate of drug-likeness (QED) is 0.394. The van der Waals surface area contributed by atoms with Crippen LogP contribution in [0.2, 0.25) is 0 Å². The number of halogens is 1. The summed E-state index contributed by atoms with van der Waals surface area (Å²) in [6.45, 7) is 7.73. The molecule has 1 aliphatic rings. The molecule has 1 unspecified atom stereocenters. The van der Waals surface area contributed by atoms with Crippen molar-refractivity contribution in [1.82, 2.24) is 35.2 Å². The van der Waals surface area contributed by atoms with Gasteiger partial charge in [-0.25, -0.2) is 4.99 Å². The standard InChI is InChI=1S/C17H28N8.HI/c1-5-18-17(19-9-16-22-20-11-24(16)4)21-14-7-6-13-10-25(12(2)3)23-15(13)8-14;/h10-12,14H,5-9H2,1-4H3,(H2,18,19,21);1H. The van der Waals surface area contributed by atoms with Gasteiger partial charge in [-0.1, -0.05) is 0 Å². The number of hydrogen-bond acceptors (Lipinski definition) is 4. The molecule has 0 fully saturated rings. The van der Waals surface area contributed by atoms with E-state index in [1.807, 2.05) is 11.6 Å². The summed E-state index contributed by atoms with van der Waals surface area (Å²) >= 11 is 0. The summed E-state index contributed by atoms with van der Waals surface area (Å²) < 4.78 is 3.96. The molecule has 0 spiro atoms. The van der Waals surface area contributed by atoms with E-state index in [1.54, 1.807) is 6.33 Å². The summed E-state index contributed by atoms with van der Waals surface area (Å²) in [6.07, 6.45) is 6.97. The normalized spacial score (nSPS) is 17.0. The summed E-state index contributed by atoms with van der Waals surface area (Å²) in [4.78, 5) is 4.65. The van der Waals surface area contributed by atoms with Gasteiger partial charge in [-0.2, -0.15) is 5.10 Å². The minimum absolute atomic E-state index is 0. The molecule has 2 heterocycles. The number of aromatic nitrogens is 5. The van der Waals surface area contributed by atoms with Gasteiger partial charge in [-0.05, 0) is 39.2 Å². The van der Waals surface area contributed by atoms with Crippen molar-refractivity contribution in [2.75, 3.05) is 6.54 Å². The molecule has 3 rings (SSSR count). The lowest BCUT2D eigenvalue weighted by Crippen LogP contribution is -2.45. The second kappa shape index (κ2) is 9.33. The third-order valence-corrected chi connectivity index (χ3v) is 4.49. The van der Waals surface area contributed by atoms with Gasteiger partial charge in [0.05, 0.1) is 5.69 Å². The highest BCUT2D eigenvalue weighted by atomic mass is 127. The zero-order valence-corrected chi connectivity index (χ0v) is 18.3. The summed E-state index contributed by atoms with van der Waals surface area (Å²) in [7, 11) is 1.93. The minimum atomic E-state index is 0. The number of nitrogens with one attached hydrogen (secondary N) is 2. The number of rotatable bonds is 5. The van der Waals surface area contributed by atoms with E-state index in [0.717, 1.165) is 37.6 Å². The van der Waals surface area contributed by atoms with Crippen molar-refractivity contribution >= 4 is 29.9 Å². The molecule has 2 aromatic heterocycles. The number of fused-ring (bicyclic) bond motifs is 1. The fraction of sp³-hybridized carbons (Fsp3) is 0.647. The third-order valence-electron chi connectivity index (χ3n) is 4.49. The van der Waals surface area contributed by atoms with E-state index in [0.29, 0.717) is 18.6 Å². The van der Waals surface area contributed by atoms with Crippen LogP contribution in [0.5, 0.6) is 0 Å². The first kappa shape index (κ1) is 20.7. The molecule has 0 saturated carbocycles. The maximum absolute atomic E-state index is 4.75. The van der Waals surface area contributed by atoms with Crippen LogP contribution in [-0.4, -0.2) is 43.1 Å². The summed E-state index contributed by atoms with van der Waals surface area (Å²) in [6, 6.07) is 0.752. The van der Waals surface area contributed by atoms with E-state index in [4.69, 9.17) is 5.10 Å². The average Bonchev–Trinajstić information content (AvgIpc) is 3.18. The van der Waals surface area contributed by atoms with Crippen LogP contribution >= 0.6 is 24.0 Å². The molecule has 1 atom stereocenters. The number of guanidine groups is 1. The zero-order valence-electron chi connectivity index (χ0n) is 15.9. The van der Waals surface area contributed by atoms with Crippen molar-refractivity contribution in [2.24, 2.45) is 12.0 Å². The van der Waals surface area contributed by atoms with Gasteiger partial charge in [0, 0.05) is 38.3 Å². The van der Waals surface area contributed by atoms with E-state index in [9.17, 15) is 0 Å². The van der Waals surface area contributed by atoms with Crippen LogP contribution in [0.1, 0.15) is 50.3 Å². The van der Waals surface area contributed by atoms with Gasteiger partial charge in [-0.3, -0.25) is 4.68 Å². The Morgan fingerprint density at radius 2 is 2.23 bits per heavy atom. The second-order valence-electron chi connectivity index (χ2n) is 6.81. The lowest BCUT2D eigenvalue weighted by molar-refractivity contribution is 0.499. The van der Waals surface area contributed by atoms with Crippen LogP contribution in [0.4, 0.5) is 0 Å². The van der Waals surface area contributed by atoms with Crippen molar-refractivity contribution in [3.05, 3.63) is 29.6 Å². The molecule has 2 N–H and O–H groups in total. The number of hydrogen-bond donors (Lipinski definition) is 2. The van der Waals surface area contributed by atoms with Gasteiger partial charge in [0.25, 0.3) is 0 Å². The van der Waals surface area contributed by atoms with Gasteiger partial charge >= 0.3 is 0 Å². The van der Waals surface area contributed by atoms with E-state index >= 15 is 0 Å². The molecule has 144 valence electrons. The predicted molar refractivity (Wildman–Crippen MR) is 113 cm³/mol. The Morgan fingerprint density at radius 3 is 2.88 bits per heavy atom. The number of aryl methyl sites for hydroxylation is 2. The van der Waals surface area contributed by atoms with E-state index in [1.165, 1.54) is 11.3 Å². The molecule has 0 saturated heterocycles. The lowest BCUT2D eigenvalue weighted by Gasteiger charge is -2.24. The van der Waals surface area contributed by atoms with Gasteiger partial charge in [-0.15, -0.1) is 34.2 Å². The van der Waals surface area contributed by atoms with Crippen molar-refractivity contribution in [1.29, 1.82) is 0 Å². The highest BCUT2D eigenvalue weighted by Gasteiger charge is 2.23. The molecule has 2 aromatic rings. The second-order valence-corrected chi connectivity index (χ2v) is 6.81. The van der Waals surface area contributed by atoms with Crippen molar-refractivity contribution in [3.8, 4) is 0 Å². The molecule has 0 aliphatic heterocycles. The maximum Gasteiger partial charge on any atom is 0.191 e. The lowest BCUT2D eigenvalue weighted by atomic mass is 9.94. The zero-order chi connectivity index (χ0) is 17.8. The Hall–Kier alpha value is -1.65. The van der Waals surface area contributed by atoms with Gasteiger partial charge in [0.15, 0.2) is 11.8 Å². The van der Waals surface area contributed by atoms with E-state index in [2.05, 4.69) is 57.5 Å². The van der Waals surface area contributed by atoms with Crippen molar-refractivity contribution in [2.45, 2.75) is 58.7 Å². The Kier molecular flexibility index (Phi) is 7.42. The first-order valence-electron chi connectivity index (χ1n) is 9.01. The number of nitrogens with zero attached hydrogens (tertiary/aromatic N) is 6. The van der Waals surface area contributed by atoms with E-state index in [-0.39, 0.29) is 24.0 Å². The molecule has 0 radical (unpaired) electrons. The molecule has 0 aromatic carbocycles. The topological polar surface area (TPSA) is 85.0 Å². The van der Waals surface area contributed by atoms with Crippen LogP contribution in [0, 0.1) is 0 Å². The summed E-state index contributed by atoms with van der Waals surface area (Å²) in [5.74, 6) is 1.67. The van der Waals surface area contributed by atoms with Crippen LogP contribution in [0.3, 0.4) is 0 Å². The van der Waals surface area contributed by atoms with Gasteiger partial charge in [0.1, 0.15) is 12.9 Å². The first-order valence-corrected chi connectivity index (χ1v) is 9.01. The highest BCUT2D eigenvalue weighted by Crippen LogP contribution is 2.21. The maximum atomic E-state index is 4.75. The van der Waals surface area contributed by atoms with E-state index < -0.39 is 0 Å². The Balaban J connectivity index is 0.00000243. The average molecular weight is 472 g/mol. The molecular formula is C17H29IN8. The Bertz CT molecular complexity index is 733. The highest BCUT2D eigenvalue weighted by molar-refractivity contribution is 14.0. The monoisotopic (exact) mass is 472 g/mol. The molecule has 9 heteroatoms. The smallest absolute Gasteiger partial charge is 0.191 e. The molecule has 1 aliphatic carbocycles. The van der Waals surface area contributed by atoms with Crippen LogP contribution in [0.25, 0.3) is 0 Å². The fourth-order valence-electron chi connectivity index (χ4n) is 3.01. The van der Waals surface area contributed by atoms with Crippen molar-refractivity contribution < 1.29 is 0 Å². The first-order chi connectivity index (χ1) is 12.1. The Labute approximate surface area is 171 Å². The van der Waals surface area contributed by atoms with Gasteiger partial charge in [0.2, 0.25) is 0 Å². The SMILES string of the molecule is CCNC(=NCc1nncn1C)NC1CCc2cn(C(C)C)nc2C1.I. The molecule has 0 bridgehead atoms. The van der Waals surface area contributed by atoms with Gasteiger partial charge < -0.3 is 15.2 Å². The van der Waals surface area contributed by atoms with Crippen LogP contribution < -0.4 is 10.6 Å². The number of aliphatic imine (C=N–C) groups is 1. The summed E-state index contributed by atoms with van der Waals surface area (Å²) in [5.41, 5.74) is 2.59. The van der Waals surface area contributed by atoms with Crippen LogP contribution in [0.15, 0.2) is 17.5 Å². The predicted octanol–water partition coefficient (Wildman–Crippen LogP) is 1.82. The largest absolute Gasteiger partial charge is 0.357 e. The Morgan fingerprint density at radius 1 is 1.42 bits per heavy atom. The molecule has 0 amide bonds. The molecule has 26 heavy (non-hydrogen) atoms. The van der Waals surface area contributed by atoms with Crippen molar-refractivity contribution in [3.63, 3.8) is 0 Å². The van der Waals surface area contributed by atoms with Crippen LogP contribution in [-0.2, 0) is 26.4 Å². The minimum Gasteiger partial charge on any atom is -0.357 e. The fourth-order valence-corrected chi connectivity index (χ4v) is 3.01.